The second-order valence-electron chi connectivity index (χ2n) is 7.90. The third-order valence-corrected chi connectivity index (χ3v) is 6.77. The topological polar surface area (TPSA) is 87.3 Å². The van der Waals surface area contributed by atoms with Gasteiger partial charge in [-0.1, -0.05) is 43.0 Å². The molecular weight excluding hydrogens is 434 g/mol. The van der Waals surface area contributed by atoms with Gasteiger partial charge in [0.1, 0.15) is 0 Å². The van der Waals surface area contributed by atoms with Crippen LogP contribution in [0.1, 0.15) is 54.4 Å². The number of rotatable bonds is 9. The van der Waals surface area contributed by atoms with Gasteiger partial charge in [0, 0.05) is 23.8 Å². The highest BCUT2D eigenvalue weighted by atomic mass is 35.5. The predicted octanol–water partition coefficient (Wildman–Crippen LogP) is 4.26. The van der Waals surface area contributed by atoms with E-state index in [1.807, 2.05) is 19.1 Å². The Kier molecular flexibility index (Phi) is 9.81. The van der Waals surface area contributed by atoms with Gasteiger partial charge in [0.25, 0.3) is 15.9 Å². The molecule has 0 atom stereocenters. The first-order valence-corrected chi connectivity index (χ1v) is 12.1. The molecule has 1 aliphatic carbocycles. The molecule has 2 aromatic carbocycles. The van der Waals surface area contributed by atoms with Crippen molar-refractivity contribution in [1.82, 2.24) is 10.6 Å². The van der Waals surface area contributed by atoms with Crippen molar-refractivity contribution in [2.45, 2.75) is 56.4 Å². The summed E-state index contributed by atoms with van der Waals surface area (Å²) in [4.78, 5) is 12.5. The molecule has 0 spiro atoms. The maximum atomic E-state index is 12.7. The Morgan fingerprint density at radius 2 is 1.71 bits per heavy atom. The molecule has 1 fully saturated rings. The van der Waals surface area contributed by atoms with E-state index in [4.69, 9.17) is 0 Å². The lowest BCUT2D eigenvalue weighted by atomic mass is 9.95. The fraction of sp³-hybridized carbons (Fsp3) is 0.435. The van der Waals surface area contributed by atoms with Gasteiger partial charge in [-0.15, -0.1) is 12.4 Å². The van der Waals surface area contributed by atoms with E-state index >= 15 is 0 Å². The second kappa shape index (κ2) is 12.1. The van der Waals surface area contributed by atoms with Crippen LogP contribution in [0.3, 0.4) is 0 Å². The number of anilines is 1. The summed E-state index contributed by atoms with van der Waals surface area (Å²) in [6.07, 6.45) is 7.26. The van der Waals surface area contributed by atoms with E-state index in [1.54, 1.807) is 24.3 Å². The van der Waals surface area contributed by atoms with Crippen LogP contribution >= 0.6 is 12.4 Å². The second-order valence-corrected chi connectivity index (χ2v) is 9.58. The number of amides is 1. The third kappa shape index (κ3) is 7.83. The lowest BCUT2D eigenvalue weighted by Crippen LogP contribution is -2.34. The van der Waals surface area contributed by atoms with E-state index < -0.39 is 10.0 Å². The van der Waals surface area contributed by atoms with E-state index in [2.05, 4.69) is 15.4 Å². The van der Waals surface area contributed by atoms with Gasteiger partial charge in [0.15, 0.2) is 0 Å². The average molecular weight is 466 g/mol. The molecule has 0 radical (unpaired) electrons. The summed E-state index contributed by atoms with van der Waals surface area (Å²) in [6, 6.07) is 13.8. The molecule has 3 rings (SSSR count). The van der Waals surface area contributed by atoms with Crippen molar-refractivity contribution in [3.63, 3.8) is 0 Å². The van der Waals surface area contributed by atoms with Crippen molar-refractivity contribution in [2.24, 2.45) is 0 Å². The Hall–Kier alpha value is -2.09. The third-order valence-electron chi connectivity index (χ3n) is 5.39. The number of carbonyl (C=O) groups is 1. The van der Waals surface area contributed by atoms with E-state index in [1.165, 1.54) is 44.2 Å². The Labute approximate surface area is 191 Å². The zero-order valence-corrected chi connectivity index (χ0v) is 19.5. The van der Waals surface area contributed by atoms with Crippen LogP contribution in [0.5, 0.6) is 0 Å². The molecule has 0 heterocycles. The molecule has 1 aliphatic rings. The minimum atomic E-state index is -3.76. The Morgan fingerprint density at radius 1 is 1.00 bits per heavy atom. The number of benzene rings is 2. The van der Waals surface area contributed by atoms with Gasteiger partial charge in [-0.2, -0.15) is 0 Å². The first-order valence-electron chi connectivity index (χ1n) is 10.7. The summed E-state index contributed by atoms with van der Waals surface area (Å²) in [5, 5.41) is 6.43. The highest BCUT2D eigenvalue weighted by Gasteiger charge is 2.17. The fourth-order valence-electron chi connectivity index (χ4n) is 3.65. The molecule has 2 aromatic rings. The molecule has 0 unspecified atom stereocenters. The zero-order chi connectivity index (χ0) is 21.4. The van der Waals surface area contributed by atoms with Crippen molar-refractivity contribution >= 4 is 34.0 Å². The lowest BCUT2D eigenvalue weighted by Gasteiger charge is -2.22. The van der Waals surface area contributed by atoms with Gasteiger partial charge in [0.05, 0.1) is 4.90 Å². The predicted molar refractivity (Wildman–Crippen MR) is 128 cm³/mol. The van der Waals surface area contributed by atoms with Gasteiger partial charge in [-0.3, -0.25) is 9.52 Å². The number of nitrogens with one attached hydrogen (secondary N) is 3. The normalized spacial score (nSPS) is 14.5. The largest absolute Gasteiger partial charge is 0.352 e. The standard InChI is InChI=1S/C23H31N3O3S.ClH/c1-18-11-13-21(14-12-18)26-30(28,29)22-10-5-7-19(17-22)23(27)25-16-6-15-24-20-8-3-2-4-9-20;/h5,7,10-14,17,20,24,26H,2-4,6,8-9,15-16H2,1H3,(H,25,27);1H. The maximum absolute atomic E-state index is 12.7. The van der Waals surface area contributed by atoms with E-state index in [0.717, 1.165) is 18.5 Å². The minimum absolute atomic E-state index is 0. The fourth-order valence-corrected chi connectivity index (χ4v) is 4.75. The van der Waals surface area contributed by atoms with Crippen LogP contribution in [0.2, 0.25) is 0 Å². The SMILES string of the molecule is Cc1ccc(NS(=O)(=O)c2cccc(C(=O)NCCCNC3CCCCC3)c2)cc1.Cl. The molecule has 6 nitrogen and oxygen atoms in total. The number of carbonyl (C=O) groups excluding carboxylic acids is 1. The van der Waals surface area contributed by atoms with Crippen molar-refractivity contribution in [3.8, 4) is 0 Å². The van der Waals surface area contributed by atoms with Gasteiger partial charge in [0.2, 0.25) is 0 Å². The Morgan fingerprint density at radius 3 is 2.42 bits per heavy atom. The van der Waals surface area contributed by atoms with Gasteiger partial charge < -0.3 is 10.6 Å². The number of sulfonamides is 1. The van der Waals surface area contributed by atoms with Crippen LogP contribution in [-0.2, 0) is 10.0 Å². The minimum Gasteiger partial charge on any atom is -0.352 e. The van der Waals surface area contributed by atoms with Crippen LogP contribution in [-0.4, -0.2) is 33.5 Å². The van der Waals surface area contributed by atoms with Gasteiger partial charge >= 0.3 is 0 Å². The monoisotopic (exact) mass is 465 g/mol. The quantitative estimate of drug-likeness (QED) is 0.483. The summed E-state index contributed by atoms with van der Waals surface area (Å²) in [5.74, 6) is -0.264. The van der Waals surface area contributed by atoms with E-state index in [0.29, 0.717) is 23.8 Å². The first-order chi connectivity index (χ1) is 14.4. The first kappa shape index (κ1) is 25.2. The number of aryl methyl sites for hydroxylation is 1. The summed E-state index contributed by atoms with van der Waals surface area (Å²) >= 11 is 0. The van der Waals surface area contributed by atoms with Crippen LogP contribution < -0.4 is 15.4 Å². The van der Waals surface area contributed by atoms with Crippen LogP contribution in [0.15, 0.2) is 53.4 Å². The number of halogens is 1. The lowest BCUT2D eigenvalue weighted by molar-refractivity contribution is 0.0953. The summed E-state index contributed by atoms with van der Waals surface area (Å²) in [5.41, 5.74) is 1.87. The zero-order valence-electron chi connectivity index (χ0n) is 17.9. The highest BCUT2D eigenvalue weighted by molar-refractivity contribution is 7.92. The van der Waals surface area contributed by atoms with Crippen molar-refractivity contribution in [2.75, 3.05) is 17.8 Å². The molecular formula is C23H32ClN3O3S. The molecule has 31 heavy (non-hydrogen) atoms. The average Bonchev–Trinajstić information content (AvgIpc) is 2.76. The molecule has 0 aromatic heterocycles. The van der Waals surface area contributed by atoms with Crippen molar-refractivity contribution < 1.29 is 13.2 Å². The molecule has 1 amide bonds. The van der Waals surface area contributed by atoms with Gasteiger partial charge in [-0.25, -0.2) is 8.42 Å². The molecule has 8 heteroatoms. The van der Waals surface area contributed by atoms with Gasteiger partial charge in [-0.05, 0) is 63.1 Å². The smallest absolute Gasteiger partial charge is 0.261 e. The molecule has 0 saturated heterocycles. The van der Waals surface area contributed by atoms with E-state index in [-0.39, 0.29) is 23.2 Å². The molecule has 0 bridgehead atoms. The molecule has 1 saturated carbocycles. The Balaban J connectivity index is 0.00000341. The number of hydrogen-bond acceptors (Lipinski definition) is 4. The van der Waals surface area contributed by atoms with Crippen molar-refractivity contribution in [1.29, 1.82) is 0 Å². The van der Waals surface area contributed by atoms with Crippen LogP contribution in [0.25, 0.3) is 0 Å². The molecule has 0 aliphatic heterocycles. The van der Waals surface area contributed by atoms with E-state index in [9.17, 15) is 13.2 Å². The van der Waals surface area contributed by atoms with Crippen LogP contribution in [0.4, 0.5) is 5.69 Å². The van der Waals surface area contributed by atoms with Crippen LogP contribution in [0, 0.1) is 6.92 Å². The molecule has 3 N–H and O–H groups in total. The number of hydrogen-bond donors (Lipinski definition) is 3. The summed E-state index contributed by atoms with van der Waals surface area (Å²) in [6.45, 7) is 3.36. The highest BCUT2D eigenvalue weighted by Crippen LogP contribution is 2.18. The summed E-state index contributed by atoms with van der Waals surface area (Å²) in [7, 11) is -3.76. The maximum Gasteiger partial charge on any atom is 0.261 e. The summed E-state index contributed by atoms with van der Waals surface area (Å²) < 4.78 is 27.9. The Bertz CT molecular complexity index is 943. The molecule has 170 valence electrons. The van der Waals surface area contributed by atoms with Crippen molar-refractivity contribution in [3.05, 3.63) is 59.7 Å².